The molecule has 1 N–H and O–H groups in total. The van der Waals surface area contributed by atoms with Gasteiger partial charge in [-0.2, -0.15) is 0 Å². The van der Waals surface area contributed by atoms with Crippen LogP contribution in [0.3, 0.4) is 0 Å². The second-order valence-electron chi connectivity index (χ2n) is 7.64. The Hall–Kier alpha value is -3.41. The molecule has 3 rings (SSSR count). The molecule has 0 aliphatic heterocycles. The summed E-state index contributed by atoms with van der Waals surface area (Å²) >= 11 is 0. The number of likely N-dealkylation sites (N-methyl/N-ethyl adjacent to an activating group) is 1. The highest BCUT2D eigenvalue weighted by atomic mass is 16.2. The van der Waals surface area contributed by atoms with E-state index in [1.807, 2.05) is 66.2 Å². The number of fused-ring (bicyclic) bond motifs is 1. The number of hydrogen-bond donors (Lipinski definition) is 1. The Morgan fingerprint density at radius 3 is 2.58 bits per heavy atom. The van der Waals surface area contributed by atoms with Crippen LogP contribution in [0.1, 0.15) is 30.7 Å². The molecule has 2 amide bonds. The molecule has 0 fully saturated rings. The number of benzene rings is 2. The highest BCUT2D eigenvalue weighted by molar-refractivity contribution is 5.86. The van der Waals surface area contributed by atoms with Crippen molar-refractivity contribution in [3.8, 4) is 0 Å². The largest absolute Gasteiger partial charge is 0.353 e. The van der Waals surface area contributed by atoms with E-state index >= 15 is 0 Å². The van der Waals surface area contributed by atoms with Crippen LogP contribution in [0.25, 0.3) is 11.0 Å². The average molecular weight is 419 g/mol. The van der Waals surface area contributed by atoms with Crippen LogP contribution in [-0.2, 0) is 29.1 Å². The van der Waals surface area contributed by atoms with Crippen LogP contribution in [0.5, 0.6) is 0 Å². The van der Waals surface area contributed by atoms with Gasteiger partial charge in [0, 0.05) is 26.6 Å². The van der Waals surface area contributed by atoms with Crippen LogP contribution in [-0.4, -0.2) is 39.9 Å². The van der Waals surface area contributed by atoms with Crippen molar-refractivity contribution in [1.82, 2.24) is 19.8 Å². The van der Waals surface area contributed by atoms with Crippen molar-refractivity contribution in [3.05, 3.63) is 78.6 Å². The molecule has 0 bridgehead atoms. The van der Waals surface area contributed by atoms with E-state index in [9.17, 15) is 9.59 Å². The lowest BCUT2D eigenvalue weighted by molar-refractivity contribution is -0.131. The molecule has 0 saturated heterocycles. The summed E-state index contributed by atoms with van der Waals surface area (Å²) in [5.41, 5.74) is 3.00. The Morgan fingerprint density at radius 2 is 1.81 bits per heavy atom. The Bertz CT molecular complexity index is 1030. The van der Waals surface area contributed by atoms with Crippen LogP contribution < -0.4 is 5.32 Å². The molecular weight excluding hydrogens is 388 g/mol. The van der Waals surface area contributed by atoms with Gasteiger partial charge in [-0.05, 0) is 36.6 Å². The fourth-order valence-electron chi connectivity index (χ4n) is 3.56. The molecule has 0 unspecified atom stereocenters. The SMILES string of the molecule is C=CC(=O)NCCCCCc1nc2ccccc2n1CC(=O)N(C)Cc1ccccc1. The number of aryl methyl sites for hydroxylation is 1. The molecule has 1 aromatic heterocycles. The van der Waals surface area contributed by atoms with Crippen LogP contribution >= 0.6 is 0 Å². The van der Waals surface area contributed by atoms with Crippen molar-refractivity contribution in [1.29, 1.82) is 0 Å². The maximum Gasteiger partial charge on any atom is 0.243 e. The van der Waals surface area contributed by atoms with Crippen LogP contribution in [0.2, 0.25) is 0 Å². The molecule has 0 aliphatic carbocycles. The van der Waals surface area contributed by atoms with Gasteiger partial charge >= 0.3 is 0 Å². The highest BCUT2D eigenvalue weighted by Crippen LogP contribution is 2.18. The van der Waals surface area contributed by atoms with E-state index in [1.165, 1.54) is 6.08 Å². The Balaban J connectivity index is 1.62. The molecular formula is C25H30N4O2. The number of rotatable bonds is 11. The lowest BCUT2D eigenvalue weighted by Crippen LogP contribution is -2.30. The molecule has 3 aromatic rings. The Kier molecular flexibility index (Phi) is 7.98. The number of aromatic nitrogens is 2. The van der Waals surface area contributed by atoms with Crippen molar-refractivity contribution < 1.29 is 9.59 Å². The van der Waals surface area contributed by atoms with E-state index < -0.39 is 0 Å². The average Bonchev–Trinajstić information content (AvgIpc) is 3.13. The summed E-state index contributed by atoms with van der Waals surface area (Å²) in [6, 6.07) is 17.9. The molecule has 2 aromatic carbocycles. The third-order valence-corrected chi connectivity index (χ3v) is 5.28. The van der Waals surface area contributed by atoms with Gasteiger partial charge in [0.15, 0.2) is 0 Å². The standard InChI is InChI=1S/C25H30N4O2/c1-3-24(30)26-17-11-5-8-16-23-27-21-14-9-10-15-22(21)29(23)19-25(31)28(2)18-20-12-6-4-7-13-20/h3-4,6-7,9-10,12-15H,1,5,8,11,16-19H2,2H3,(H,26,30). The molecule has 0 atom stereocenters. The second kappa shape index (κ2) is 11.1. The minimum absolute atomic E-state index is 0.0559. The lowest BCUT2D eigenvalue weighted by atomic mass is 10.2. The summed E-state index contributed by atoms with van der Waals surface area (Å²) in [5, 5.41) is 2.79. The molecule has 1 heterocycles. The van der Waals surface area contributed by atoms with E-state index in [2.05, 4.69) is 11.9 Å². The molecule has 162 valence electrons. The van der Waals surface area contributed by atoms with Gasteiger partial charge in [-0.1, -0.05) is 55.5 Å². The summed E-state index contributed by atoms with van der Waals surface area (Å²) in [6.45, 7) is 4.95. The Labute approximate surface area is 183 Å². The number of carbonyl (C=O) groups is 2. The summed E-state index contributed by atoms with van der Waals surface area (Å²) < 4.78 is 2.04. The molecule has 31 heavy (non-hydrogen) atoms. The molecule has 0 aliphatic rings. The minimum Gasteiger partial charge on any atom is -0.353 e. The first-order valence-corrected chi connectivity index (χ1v) is 10.7. The fraction of sp³-hybridized carbons (Fsp3) is 0.320. The van der Waals surface area contributed by atoms with Gasteiger partial charge in [0.1, 0.15) is 12.4 Å². The molecule has 0 radical (unpaired) electrons. The predicted molar refractivity (Wildman–Crippen MR) is 123 cm³/mol. The molecule has 6 nitrogen and oxygen atoms in total. The van der Waals surface area contributed by atoms with Gasteiger partial charge in [0.05, 0.1) is 11.0 Å². The zero-order valence-corrected chi connectivity index (χ0v) is 18.1. The maximum absolute atomic E-state index is 12.9. The van der Waals surface area contributed by atoms with Gasteiger partial charge in [-0.15, -0.1) is 0 Å². The smallest absolute Gasteiger partial charge is 0.243 e. The zero-order chi connectivity index (χ0) is 22.1. The molecule has 6 heteroatoms. The third-order valence-electron chi connectivity index (χ3n) is 5.28. The van der Waals surface area contributed by atoms with Gasteiger partial charge in [0.2, 0.25) is 11.8 Å². The van der Waals surface area contributed by atoms with E-state index in [0.29, 0.717) is 13.1 Å². The number of unbranched alkanes of at least 4 members (excludes halogenated alkanes) is 2. The Morgan fingerprint density at radius 1 is 1.06 bits per heavy atom. The number of hydrogen-bond acceptors (Lipinski definition) is 3. The normalized spacial score (nSPS) is 10.7. The highest BCUT2D eigenvalue weighted by Gasteiger charge is 2.16. The van der Waals surface area contributed by atoms with Crippen molar-refractivity contribution in [2.24, 2.45) is 0 Å². The van der Waals surface area contributed by atoms with Crippen molar-refractivity contribution in [2.45, 2.75) is 38.8 Å². The quantitative estimate of drug-likeness (QED) is 0.381. The predicted octanol–water partition coefficient (Wildman–Crippen LogP) is 3.71. The molecule has 0 saturated carbocycles. The number of imidazole rings is 1. The van der Waals surface area contributed by atoms with E-state index in [0.717, 1.165) is 48.1 Å². The molecule has 0 spiro atoms. The van der Waals surface area contributed by atoms with Crippen LogP contribution in [0.4, 0.5) is 0 Å². The van der Waals surface area contributed by atoms with E-state index in [1.54, 1.807) is 4.90 Å². The lowest BCUT2D eigenvalue weighted by Gasteiger charge is -2.19. The van der Waals surface area contributed by atoms with E-state index in [4.69, 9.17) is 4.98 Å². The summed E-state index contributed by atoms with van der Waals surface area (Å²) in [4.78, 5) is 30.7. The third kappa shape index (κ3) is 6.28. The number of nitrogens with zero attached hydrogens (tertiary/aromatic N) is 3. The monoisotopic (exact) mass is 418 g/mol. The summed E-state index contributed by atoms with van der Waals surface area (Å²) in [6.07, 6.45) is 4.90. The summed E-state index contributed by atoms with van der Waals surface area (Å²) in [7, 11) is 1.84. The van der Waals surface area contributed by atoms with Crippen molar-refractivity contribution in [2.75, 3.05) is 13.6 Å². The maximum atomic E-state index is 12.9. The number of carbonyl (C=O) groups excluding carboxylic acids is 2. The van der Waals surface area contributed by atoms with Gasteiger partial charge in [0.25, 0.3) is 0 Å². The van der Waals surface area contributed by atoms with Gasteiger partial charge in [-0.25, -0.2) is 4.98 Å². The first kappa shape index (κ1) is 22.3. The van der Waals surface area contributed by atoms with Crippen LogP contribution in [0, 0.1) is 0 Å². The first-order valence-electron chi connectivity index (χ1n) is 10.7. The summed E-state index contributed by atoms with van der Waals surface area (Å²) in [5.74, 6) is 0.845. The zero-order valence-electron chi connectivity index (χ0n) is 18.1. The minimum atomic E-state index is -0.139. The number of nitrogens with one attached hydrogen (secondary N) is 1. The van der Waals surface area contributed by atoms with Crippen LogP contribution in [0.15, 0.2) is 67.3 Å². The number of amides is 2. The second-order valence-corrected chi connectivity index (χ2v) is 7.64. The van der Waals surface area contributed by atoms with Crippen molar-refractivity contribution in [3.63, 3.8) is 0 Å². The van der Waals surface area contributed by atoms with Gasteiger partial charge < -0.3 is 14.8 Å². The van der Waals surface area contributed by atoms with E-state index in [-0.39, 0.29) is 18.4 Å². The first-order chi connectivity index (χ1) is 15.1. The van der Waals surface area contributed by atoms with Crippen molar-refractivity contribution >= 4 is 22.8 Å². The number of para-hydroxylation sites is 2. The van der Waals surface area contributed by atoms with Gasteiger partial charge in [-0.3, -0.25) is 9.59 Å². The fourth-order valence-corrected chi connectivity index (χ4v) is 3.56. The topological polar surface area (TPSA) is 67.2 Å².